The monoisotopic (exact) mass is 304 g/mol. The molecular formula is C17H24N2O3. The fourth-order valence-electron chi connectivity index (χ4n) is 3.35. The van der Waals surface area contributed by atoms with E-state index in [4.69, 9.17) is 4.74 Å². The second-order valence-corrected chi connectivity index (χ2v) is 6.20. The fourth-order valence-corrected chi connectivity index (χ4v) is 3.35. The van der Waals surface area contributed by atoms with Crippen molar-refractivity contribution in [3.63, 3.8) is 0 Å². The van der Waals surface area contributed by atoms with Crippen molar-refractivity contribution in [2.75, 3.05) is 39.4 Å². The van der Waals surface area contributed by atoms with E-state index < -0.39 is 0 Å². The number of phenolic OH excluding ortho intramolecular Hbond substituents is 1. The molecule has 0 aromatic heterocycles. The molecule has 22 heavy (non-hydrogen) atoms. The van der Waals surface area contributed by atoms with Gasteiger partial charge in [0.05, 0.1) is 13.2 Å². The number of carbonyl (C=O) groups is 1. The number of benzene rings is 1. The fraction of sp³-hybridized carbons (Fsp3) is 0.588. The molecule has 2 fully saturated rings. The Hall–Kier alpha value is -1.59. The minimum atomic E-state index is 0.0704. The molecule has 1 amide bonds. The average Bonchev–Trinajstić information content (AvgIpc) is 2.57. The number of nitrogens with zero attached hydrogens (tertiary/aromatic N) is 2. The maximum absolute atomic E-state index is 12.7. The van der Waals surface area contributed by atoms with Gasteiger partial charge in [-0.05, 0) is 43.5 Å². The van der Waals surface area contributed by atoms with Crippen LogP contribution in [0.25, 0.3) is 0 Å². The topological polar surface area (TPSA) is 53.0 Å². The van der Waals surface area contributed by atoms with Crippen LogP contribution in [0.2, 0.25) is 0 Å². The first kappa shape index (κ1) is 15.3. The summed E-state index contributed by atoms with van der Waals surface area (Å²) in [6.07, 6.45) is 2.20. The summed E-state index contributed by atoms with van der Waals surface area (Å²) in [6, 6.07) is 5.53. The standard InChI is InChI=1S/C17H24N2O3/c1-13-11-14(4-5-16(13)20)17(21)19-6-2-3-15(12-19)18-7-9-22-10-8-18/h4-5,11,15,20H,2-3,6-10,12H2,1H3/t15-/m0/s1. The lowest BCUT2D eigenvalue weighted by Gasteiger charge is -2.40. The highest BCUT2D eigenvalue weighted by atomic mass is 16.5. The number of phenols is 1. The quantitative estimate of drug-likeness (QED) is 0.902. The number of hydrogen-bond acceptors (Lipinski definition) is 4. The molecule has 120 valence electrons. The summed E-state index contributed by atoms with van der Waals surface area (Å²) in [5.74, 6) is 0.308. The van der Waals surface area contributed by atoms with Crippen LogP contribution in [0, 0.1) is 6.92 Å². The highest BCUT2D eigenvalue weighted by Crippen LogP contribution is 2.22. The molecule has 2 aliphatic rings. The Labute approximate surface area is 131 Å². The van der Waals surface area contributed by atoms with E-state index in [1.807, 2.05) is 11.8 Å². The Morgan fingerprint density at radius 3 is 2.77 bits per heavy atom. The van der Waals surface area contributed by atoms with Gasteiger partial charge in [0.25, 0.3) is 5.91 Å². The third kappa shape index (κ3) is 3.25. The van der Waals surface area contributed by atoms with E-state index in [0.717, 1.165) is 57.8 Å². The van der Waals surface area contributed by atoms with Crippen LogP contribution in [0.5, 0.6) is 5.75 Å². The Morgan fingerprint density at radius 2 is 2.05 bits per heavy atom. The van der Waals surface area contributed by atoms with Gasteiger partial charge < -0.3 is 14.7 Å². The molecule has 2 saturated heterocycles. The molecule has 2 heterocycles. The molecule has 5 heteroatoms. The molecular weight excluding hydrogens is 280 g/mol. The van der Waals surface area contributed by atoms with E-state index in [1.165, 1.54) is 0 Å². The Balaban J connectivity index is 1.68. The molecule has 5 nitrogen and oxygen atoms in total. The van der Waals surface area contributed by atoms with E-state index >= 15 is 0 Å². The summed E-state index contributed by atoms with van der Waals surface area (Å²) < 4.78 is 5.41. The highest BCUT2D eigenvalue weighted by molar-refractivity contribution is 5.94. The highest BCUT2D eigenvalue weighted by Gasteiger charge is 2.29. The lowest BCUT2D eigenvalue weighted by molar-refractivity contribution is -0.00120. The van der Waals surface area contributed by atoms with Crippen molar-refractivity contribution in [1.82, 2.24) is 9.80 Å². The van der Waals surface area contributed by atoms with Gasteiger partial charge in [-0.1, -0.05) is 0 Å². The first-order valence-electron chi connectivity index (χ1n) is 8.06. The van der Waals surface area contributed by atoms with Gasteiger partial charge in [-0.25, -0.2) is 0 Å². The molecule has 0 aliphatic carbocycles. The van der Waals surface area contributed by atoms with E-state index in [0.29, 0.717) is 11.6 Å². The molecule has 0 saturated carbocycles. The molecule has 1 N–H and O–H groups in total. The second-order valence-electron chi connectivity index (χ2n) is 6.20. The van der Waals surface area contributed by atoms with Crippen LogP contribution >= 0.6 is 0 Å². The average molecular weight is 304 g/mol. The van der Waals surface area contributed by atoms with Crippen LogP contribution in [0.4, 0.5) is 0 Å². The molecule has 2 aliphatic heterocycles. The minimum absolute atomic E-state index is 0.0704. The minimum Gasteiger partial charge on any atom is -0.508 e. The predicted octanol–water partition coefficient (Wildman–Crippen LogP) is 1.64. The largest absolute Gasteiger partial charge is 0.508 e. The Kier molecular flexibility index (Phi) is 4.64. The maximum Gasteiger partial charge on any atom is 0.253 e. The zero-order valence-corrected chi connectivity index (χ0v) is 13.1. The number of ether oxygens (including phenoxy) is 1. The van der Waals surface area contributed by atoms with Gasteiger partial charge >= 0.3 is 0 Å². The zero-order chi connectivity index (χ0) is 15.5. The first-order chi connectivity index (χ1) is 10.6. The van der Waals surface area contributed by atoms with Crippen LogP contribution < -0.4 is 0 Å². The lowest BCUT2D eigenvalue weighted by Crippen LogP contribution is -2.52. The predicted molar refractivity (Wildman–Crippen MR) is 84.2 cm³/mol. The summed E-state index contributed by atoms with van der Waals surface area (Å²) in [7, 11) is 0. The van der Waals surface area contributed by atoms with Crippen LogP contribution in [0.1, 0.15) is 28.8 Å². The van der Waals surface area contributed by atoms with E-state index in [1.54, 1.807) is 18.2 Å². The third-order valence-corrected chi connectivity index (χ3v) is 4.69. The summed E-state index contributed by atoms with van der Waals surface area (Å²) in [6.45, 7) is 6.94. The Bertz CT molecular complexity index is 541. The van der Waals surface area contributed by atoms with Gasteiger partial charge in [-0.2, -0.15) is 0 Å². The SMILES string of the molecule is Cc1cc(C(=O)N2CCC[C@H](N3CCOCC3)C2)ccc1O. The van der Waals surface area contributed by atoms with Gasteiger partial charge in [-0.3, -0.25) is 9.69 Å². The van der Waals surface area contributed by atoms with Crippen molar-refractivity contribution in [1.29, 1.82) is 0 Å². The maximum atomic E-state index is 12.7. The van der Waals surface area contributed by atoms with Gasteiger partial charge in [0.2, 0.25) is 0 Å². The van der Waals surface area contributed by atoms with Crippen molar-refractivity contribution in [3.05, 3.63) is 29.3 Å². The number of aromatic hydroxyl groups is 1. The third-order valence-electron chi connectivity index (χ3n) is 4.69. The molecule has 3 rings (SSSR count). The number of rotatable bonds is 2. The van der Waals surface area contributed by atoms with Gasteiger partial charge in [0.1, 0.15) is 5.75 Å². The van der Waals surface area contributed by atoms with E-state index in [9.17, 15) is 9.90 Å². The van der Waals surface area contributed by atoms with Crippen molar-refractivity contribution in [2.45, 2.75) is 25.8 Å². The number of hydrogen-bond donors (Lipinski definition) is 1. The van der Waals surface area contributed by atoms with Gasteiger partial charge in [0, 0.05) is 37.8 Å². The molecule has 0 spiro atoms. The van der Waals surface area contributed by atoms with E-state index in [-0.39, 0.29) is 11.7 Å². The summed E-state index contributed by atoms with van der Waals surface area (Å²) >= 11 is 0. The number of carbonyl (C=O) groups excluding carboxylic acids is 1. The molecule has 0 radical (unpaired) electrons. The smallest absolute Gasteiger partial charge is 0.253 e. The van der Waals surface area contributed by atoms with Crippen LogP contribution in [-0.2, 0) is 4.74 Å². The van der Waals surface area contributed by atoms with E-state index in [2.05, 4.69) is 4.90 Å². The van der Waals surface area contributed by atoms with Crippen LogP contribution in [0.3, 0.4) is 0 Å². The number of morpholine rings is 1. The molecule has 0 bridgehead atoms. The number of aryl methyl sites for hydroxylation is 1. The summed E-state index contributed by atoms with van der Waals surface area (Å²) in [4.78, 5) is 17.1. The molecule has 1 aromatic rings. The van der Waals surface area contributed by atoms with Crippen LogP contribution in [0.15, 0.2) is 18.2 Å². The second kappa shape index (κ2) is 6.67. The van der Waals surface area contributed by atoms with Gasteiger partial charge in [-0.15, -0.1) is 0 Å². The zero-order valence-electron chi connectivity index (χ0n) is 13.1. The molecule has 1 atom stereocenters. The van der Waals surface area contributed by atoms with Crippen molar-refractivity contribution >= 4 is 5.91 Å². The normalized spacial score (nSPS) is 23.5. The summed E-state index contributed by atoms with van der Waals surface area (Å²) in [5, 5.41) is 9.60. The van der Waals surface area contributed by atoms with Crippen LogP contribution in [-0.4, -0.2) is 66.2 Å². The number of likely N-dealkylation sites (tertiary alicyclic amines) is 1. The molecule has 0 unspecified atom stereocenters. The summed E-state index contributed by atoms with van der Waals surface area (Å²) in [5.41, 5.74) is 1.41. The Morgan fingerprint density at radius 1 is 1.27 bits per heavy atom. The number of amides is 1. The van der Waals surface area contributed by atoms with Crippen molar-refractivity contribution in [2.24, 2.45) is 0 Å². The van der Waals surface area contributed by atoms with Crippen molar-refractivity contribution < 1.29 is 14.6 Å². The number of piperidine rings is 1. The lowest BCUT2D eigenvalue weighted by atomic mass is 10.0. The first-order valence-corrected chi connectivity index (χ1v) is 8.06. The van der Waals surface area contributed by atoms with Gasteiger partial charge in [0.15, 0.2) is 0 Å². The molecule has 1 aromatic carbocycles. The van der Waals surface area contributed by atoms with Crippen molar-refractivity contribution in [3.8, 4) is 5.75 Å².